The van der Waals surface area contributed by atoms with Crippen LogP contribution >= 0.6 is 15.9 Å². The highest BCUT2D eigenvalue weighted by Gasteiger charge is 2.19. The van der Waals surface area contributed by atoms with E-state index in [0.29, 0.717) is 5.69 Å². The highest BCUT2D eigenvalue weighted by molar-refractivity contribution is 9.10. The van der Waals surface area contributed by atoms with E-state index >= 15 is 0 Å². The monoisotopic (exact) mass is 276 g/mol. The second-order valence-electron chi connectivity index (χ2n) is 2.64. The molecule has 80 valence electrons. The van der Waals surface area contributed by atoms with Crippen molar-refractivity contribution in [2.45, 2.75) is 12.8 Å². The summed E-state index contributed by atoms with van der Waals surface area (Å²) >= 11 is 3.01. The fraction of sp³-hybridized carbons (Fsp3) is 0.333. The number of methoxy groups -OCH3 is 1. The fourth-order valence-electron chi connectivity index (χ4n) is 1.08. The Hall–Kier alpha value is -1.22. The number of hydrogen-bond donors (Lipinski definition) is 0. The molecule has 0 saturated heterocycles. The van der Waals surface area contributed by atoms with E-state index in [4.69, 9.17) is 10.00 Å². The van der Waals surface area contributed by atoms with Gasteiger partial charge in [0.2, 0.25) is 0 Å². The van der Waals surface area contributed by atoms with Crippen molar-refractivity contribution in [3.8, 4) is 11.8 Å². The molecule has 0 aliphatic rings. The van der Waals surface area contributed by atoms with Crippen molar-refractivity contribution in [1.82, 2.24) is 4.98 Å². The number of ether oxygens (including phenoxy) is 1. The largest absolute Gasteiger partial charge is 0.494 e. The fourth-order valence-corrected chi connectivity index (χ4v) is 1.75. The second-order valence-corrected chi connectivity index (χ2v) is 3.44. The lowest BCUT2D eigenvalue weighted by molar-refractivity contribution is 0.149. The van der Waals surface area contributed by atoms with Crippen molar-refractivity contribution in [1.29, 1.82) is 5.26 Å². The molecule has 0 saturated carbocycles. The average molecular weight is 277 g/mol. The molecule has 0 radical (unpaired) electrons. The zero-order valence-corrected chi connectivity index (χ0v) is 9.38. The Labute approximate surface area is 93.8 Å². The molecule has 0 bridgehead atoms. The first kappa shape index (κ1) is 11.9. The molecule has 1 aromatic rings. The maximum Gasteiger partial charge on any atom is 0.266 e. The van der Waals surface area contributed by atoms with Crippen LogP contribution in [-0.4, -0.2) is 12.1 Å². The first-order valence-electron chi connectivity index (χ1n) is 3.98. The van der Waals surface area contributed by atoms with Gasteiger partial charge in [-0.05, 0) is 15.9 Å². The van der Waals surface area contributed by atoms with E-state index in [9.17, 15) is 8.78 Å². The number of aromatic nitrogens is 1. The van der Waals surface area contributed by atoms with Gasteiger partial charge in [-0.3, -0.25) is 4.98 Å². The number of halogens is 3. The van der Waals surface area contributed by atoms with E-state index in [1.54, 1.807) is 0 Å². The van der Waals surface area contributed by atoms with Gasteiger partial charge in [-0.2, -0.15) is 5.26 Å². The number of rotatable bonds is 3. The van der Waals surface area contributed by atoms with E-state index < -0.39 is 6.43 Å². The van der Waals surface area contributed by atoms with E-state index in [0.717, 1.165) is 6.20 Å². The molecule has 0 fully saturated rings. The third kappa shape index (κ3) is 2.42. The standard InChI is InChI=1S/C9H7BrF2N2O/c1-15-8-6(2-3-13)14-4-5(7(8)10)9(11)12/h4,9H,2H2,1H3. The van der Waals surface area contributed by atoms with Gasteiger partial charge in [-0.15, -0.1) is 0 Å². The number of alkyl halides is 2. The van der Waals surface area contributed by atoms with Gasteiger partial charge < -0.3 is 4.74 Å². The minimum absolute atomic E-state index is 0.0191. The summed E-state index contributed by atoms with van der Waals surface area (Å²) in [4.78, 5) is 3.76. The summed E-state index contributed by atoms with van der Waals surface area (Å²) in [5.74, 6) is 0.189. The zero-order chi connectivity index (χ0) is 11.4. The molecule has 1 aromatic heterocycles. The van der Waals surface area contributed by atoms with E-state index in [2.05, 4.69) is 20.9 Å². The molecule has 0 aliphatic heterocycles. The number of pyridine rings is 1. The first-order chi connectivity index (χ1) is 7.11. The Bertz CT molecular complexity index is 404. The number of nitrogens with zero attached hydrogens (tertiary/aromatic N) is 2. The zero-order valence-electron chi connectivity index (χ0n) is 7.80. The quantitative estimate of drug-likeness (QED) is 0.853. The Kier molecular flexibility index (Phi) is 3.97. The Morgan fingerprint density at radius 3 is 2.80 bits per heavy atom. The minimum atomic E-state index is -2.63. The summed E-state index contributed by atoms with van der Waals surface area (Å²) in [6, 6.07) is 1.88. The number of nitriles is 1. The van der Waals surface area contributed by atoms with Crippen molar-refractivity contribution in [2.75, 3.05) is 7.11 Å². The van der Waals surface area contributed by atoms with Crippen molar-refractivity contribution in [3.05, 3.63) is 21.9 Å². The molecule has 0 aromatic carbocycles. The van der Waals surface area contributed by atoms with Crippen LogP contribution in [0.3, 0.4) is 0 Å². The molecule has 3 nitrogen and oxygen atoms in total. The van der Waals surface area contributed by atoms with Crippen molar-refractivity contribution in [2.24, 2.45) is 0 Å². The normalized spacial score (nSPS) is 10.1. The predicted molar refractivity (Wildman–Crippen MR) is 52.8 cm³/mol. The van der Waals surface area contributed by atoms with Crippen LogP contribution in [0.15, 0.2) is 10.7 Å². The van der Waals surface area contributed by atoms with Gasteiger partial charge in [0.05, 0.1) is 35.3 Å². The molecule has 15 heavy (non-hydrogen) atoms. The van der Waals surface area contributed by atoms with Crippen LogP contribution in [0.2, 0.25) is 0 Å². The molecule has 0 N–H and O–H groups in total. The summed E-state index contributed by atoms with van der Waals surface area (Å²) in [6.45, 7) is 0. The molecule has 0 atom stereocenters. The molecule has 1 rings (SSSR count). The SMILES string of the molecule is COc1c(CC#N)ncc(C(F)F)c1Br. The lowest BCUT2D eigenvalue weighted by Crippen LogP contribution is -1.99. The Morgan fingerprint density at radius 2 is 2.33 bits per heavy atom. The van der Waals surface area contributed by atoms with Crippen molar-refractivity contribution >= 4 is 15.9 Å². The summed E-state index contributed by atoms with van der Waals surface area (Å²) < 4.78 is 30.0. The lowest BCUT2D eigenvalue weighted by Gasteiger charge is -2.10. The summed E-state index contributed by atoms with van der Waals surface area (Å²) in [5.41, 5.74) is 0.102. The third-order valence-electron chi connectivity index (χ3n) is 1.76. The van der Waals surface area contributed by atoms with Gasteiger partial charge >= 0.3 is 0 Å². The van der Waals surface area contributed by atoms with Crippen LogP contribution in [0.5, 0.6) is 5.75 Å². The third-order valence-corrected chi connectivity index (χ3v) is 2.58. The van der Waals surface area contributed by atoms with Crippen molar-refractivity contribution in [3.63, 3.8) is 0 Å². The van der Waals surface area contributed by atoms with E-state index in [-0.39, 0.29) is 22.2 Å². The molecule has 0 amide bonds. The first-order valence-corrected chi connectivity index (χ1v) is 4.77. The van der Waals surface area contributed by atoms with Gasteiger partial charge in [0, 0.05) is 6.20 Å². The maximum atomic E-state index is 12.5. The highest BCUT2D eigenvalue weighted by Crippen LogP contribution is 2.35. The van der Waals surface area contributed by atoms with Crippen LogP contribution in [0.1, 0.15) is 17.7 Å². The smallest absolute Gasteiger partial charge is 0.266 e. The molecule has 0 aliphatic carbocycles. The van der Waals surface area contributed by atoms with Crippen LogP contribution in [0, 0.1) is 11.3 Å². The van der Waals surface area contributed by atoms with E-state index in [1.807, 2.05) is 6.07 Å². The molecule has 1 heterocycles. The van der Waals surface area contributed by atoms with Gasteiger partial charge in [-0.25, -0.2) is 8.78 Å². The van der Waals surface area contributed by atoms with Crippen LogP contribution in [-0.2, 0) is 6.42 Å². The Morgan fingerprint density at radius 1 is 1.67 bits per heavy atom. The average Bonchev–Trinajstić information content (AvgIpc) is 2.18. The van der Waals surface area contributed by atoms with Gasteiger partial charge in [0.1, 0.15) is 0 Å². The topological polar surface area (TPSA) is 45.9 Å². The van der Waals surface area contributed by atoms with E-state index in [1.165, 1.54) is 7.11 Å². The second kappa shape index (κ2) is 5.03. The molecule has 0 unspecified atom stereocenters. The molecule has 6 heteroatoms. The maximum absolute atomic E-state index is 12.5. The summed E-state index contributed by atoms with van der Waals surface area (Å²) in [6.07, 6.45) is -1.56. The predicted octanol–water partition coefficient (Wildman–Crippen LogP) is 2.86. The minimum Gasteiger partial charge on any atom is -0.494 e. The van der Waals surface area contributed by atoms with Crippen LogP contribution < -0.4 is 4.74 Å². The van der Waals surface area contributed by atoms with Gasteiger partial charge in [0.25, 0.3) is 6.43 Å². The Balaban J connectivity index is 3.27. The number of hydrogen-bond acceptors (Lipinski definition) is 3. The molecule has 0 spiro atoms. The highest BCUT2D eigenvalue weighted by atomic mass is 79.9. The molecular weight excluding hydrogens is 270 g/mol. The van der Waals surface area contributed by atoms with Gasteiger partial charge in [-0.1, -0.05) is 0 Å². The van der Waals surface area contributed by atoms with Crippen LogP contribution in [0.25, 0.3) is 0 Å². The summed E-state index contributed by atoms with van der Waals surface area (Å²) in [7, 11) is 1.35. The van der Waals surface area contributed by atoms with Crippen LogP contribution in [0.4, 0.5) is 8.78 Å². The molecular formula is C9H7BrF2N2O. The van der Waals surface area contributed by atoms with Crippen molar-refractivity contribution < 1.29 is 13.5 Å². The van der Waals surface area contributed by atoms with Gasteiger partial charge in [0.15, 0.2) is 5.75 Å². The summed E-state index contributed by atoms with van der Waals surface area (Å²) in [5, 5.41) is 8.50. The lowest BCUT2D eigenvalue weighted by atomic mass is 10.2.